The third kappa shape index (κ3) is 4.26. The zero-order chi connectivity index (χ0) is 22.3. The van der Waals surface area contributed by atoms with E-state index in [1.165, 1.54) is 35.1 Å². The third-order valence-corrected chi connectivity index (χ3v) is 6.99. The van der Waals surface area contributed by atoms with E-state index in [1.807, 2.05) is 6.08 Å². The van der Waals surface area contributed by atoms with Gasteiger partial charge < -0.3 is 10.2 Å². The molecule has 4 nitrogen and oxygen atoms in total. The van der Waals surface area contributed by atoms with Gasteiger partial charge in [0.05, 0.1) is 10.6 Å². The van der Waals surface area contributed by atoms with Gasteiger partial charge in [0.25, 0.3) is 5.91 Å². The summed E-state index contributed by atoms with van der Waals surface area (Å²) in [6.07, 6.45) is 3.04. The molecule has 1 atom stereocenters. The lowest BCUT2D eigenvalue weighted by atomic mass is 9.79. The van der Waals surface area contributed by atoms with Crippen LogP contribution in [0.1, 0.15) is 56.7 Å². The minimum absolute atomic E-state index is 0.125. The van der Waals surface area contributed by atoms with Gasteiger partial charge in [-0.1, -0.05) is 6.92 Å². The van der Waals surface area contributed by atoms with Crippen molar-refractivity contribution in [3.63, 3.8) is 0 Å². The first kappa shape index (κ1) is 21.6. The van der Waals surface area contributed by atoms with Crippen LogP contribution in [0.15, 0.2) is 46.3 Å². The summed E-state index contributed by atoms with van der Waals surface area (Å²) in [6, 6.07) is 10.4. The van der Waals surface area contributed by atoms with Gasteiger partial charge in [0, 0.05) is 17.8 Å². The fraction of sp³-hybridized carbons (Fsp3) is 0.360. The van der Waals surface area contributed by atoms with E-state index in [4.69, 9.17) is 0 Å². The lowest BCUT2D eigenvalue weighted by Crippen LogP contribution is -2.48. The van der Waals surface area contributed by atoms with E-state index < -0.39 is 0 Å². The molecular weight excluding hydrogens is 409 g/mol. The Labute approximate surface area is 187 Å². The van der Waals surface area contributed by atoms with Crippen LogP contribution in [-0.4, -0.2) is 23.2 Å². The summed E-state index contributed by atoms with van der Waals surface area (Å²) >= 11 is 1.31. The summed E-state index contributed by atoms with van der Waals surface area (Å²) in [5.41, 5.74) is 5.57. The van der Waals surface area contributed by atoms with Gasteiger partial charge in [-0.25, -0.2) is 9.38 Å². The first-order valence-corrected chi connectivity index (χ1v) is 11.5. The SMILES string of the molecule is CCN1c2cc(C)c(/C=C3\SC(=Nc4ccc(F)cc4)NC3=O)cc2C(C)CC1(C)C. The maximum absolute atomic E-state index is 13.1. The topological polar surface area (TPSA) is 44.7 Å². The van der Waals surface area contributed by atoms with Gasteiger partial charge in [-0.3, -0.25) is 4.79 Å². The van der Waals surface area contributed by atoms with E-state index in [1.54, 1.807) is 12.1 Å². The van der Waals surface area contributed by atoms with Crippen LogP contribution in [-0.2, 0) is 4.79 Å². The second-order valence-electron chi connectivity index (χ2n) is 8.89. The maximum atomic E-state index is 13.1. The molecule has 1 amide bonds. The predicted molar refractivity (Wildman–Crippen MR) is 129 cm³/mol. The molecule has 2 aliphatic heterocycles. The van der Waals surface area contributed by atoms with Gasteiger partial charge in [0.2, 0.25) is 0 Å². The van der Waals surface area contributed by atoms with Crippen molar-refractivity contribution in [3.05, 3.63) is 63.8 Å². The first-order valence-electron chi connectivity index (χ1n) is 10.7. The summed E-state index contributed by atoms with van der Waals surface area (Å²) in [6.45, 7) is 12.2. The number of benzene rings is 2. The van der Waals surface area contributed by atoms with E-state index >= 15 is 0 Å². The fourth-order valence-corrected chi connectivity index (χ4v) is 5.49. The summed E-state index contributed by atoms with van der Waals surface area (Å²) in [5, 5.41) is 3.31. The van der Waals surface area contributed by atoms with Gasteiger partial charge >= 0.3 is 0 Å². The van der Waals surface area contributed by atoms with Crippen molar-refractivity contribution in [1.29, 1.82) is 0 Å². The van der Waals surface area contributed by atoms with Crippen molar-refractivity contribution < 1.29 is 9.18 Å². The lowest BCUT2D eigenvalue weighted by Gasteiger charge is -2.47. The van der Waals surface area contributed by atoms with Gasteiger partial charge in [0.1, 0.15) is 5.82 Å². The Morgan fingerprint density at radius 1 is 1.29 bits per heavy atom. The standard InChI is InChI=1S/C25H28FN3OS/c1-6-29-21-11-15(2)17(12-20(21)16(3)14-25(29,4)5)13-22-23(30)28-24(31-22)27-19-9-7-18(26)8-10-19/h7-13,16H,6,14H2,1-5H3,(H,27,28,30)/b22-13-. The zero-order valence-corrected chi connectivity index (χ0v) is 19.4. The molecule has 0 spiro atoms. The molecule has 0 radical (unpaired) electrons. The van der Waals surface area contributed by atoms with Gasteiger partial charge in [-0.2, -0.15) is 0 Å². The minimum atomic E-state index is -0.310. The summed E-state index contributed by atoms with van der Waals surface area (Å²) < 4.78 is 13.1. The minimum Gasteiger partial charge on any atom is -0.366 e. The monoisotopic (exact) mass is 437 g/mol. The largest absolute Gasteiger partial charge is 0.366 e. The van der Waals surface area contributed by atoms with E-state index in [2.05, 4.69) is 62.0 Å². The van der Waals surface area contributed by atoms with Crippen LogP contribution < -0.4 is 10.2 Å². The molecule has 0 bridgehead atoms. The number of amides is 1. The molecule has 2 aromatic rings. The maximum Gasteiger partial charge on any atom is 0.264 e. The van der Waals surface area contributed by atoms with Crippen LogP contribution in [0.25, 0.3) is 6.08 Å². The van der Waals surface area contributed by atoms with Crippen LogP contribution >= 0.6 is 11.8 Å². The highest BCUT2D eigenvalue weighted by molar-refractivity contribution is 8.18. The van der Waals surface area contributed by atoms with Crippen LogP contribution in [0.2, 0.25) is 0 Å². The van der Waals surface area contributed by atoms with Crippen molar-refractivity contribution in [3.8, 4) is 0 Å². The Hall–Kier alpha value is -2.60. The Morgan fingerprint density at radius 3 is 2.68 bits per heavy atom. The van der Waals surface area contributed by atoms with Gasteiger partial charge in [-0.05, 0) is 111 Å². The molecule has 0 aliphatic carbocycles. The second-order valence-corrected chi connectivity index (χ2v) is 9.92. The van der Waals surface area contributed by atoms with Crippen LogP contribution in [0, 0.1) is 12.7 Å². The number of hydrogen-bond donors (Lipinski definition) is 1. The van der Waals surface area contributed by atoms with Gasteiger partial charge in [-0.15, -0.1) is 0 Å². The average Bonchev–Trinajstić information content (AvgIpc) is 3.03. The number of aryl methyl sites for hydroxylation is 1. The molecule has 4 rings (SSSR count). The van der Waals surface area contributed by atoms with Crippen molar-refractivity contribution in [2.45, 2.75) is 52.5 Å². The summed E-state index contributed by atoms with van der Waals surface area (Å²) in [7, 11) is 0. The number of carbonyl (C=O) groups is 1. The molecule has 31 heavy (non-hydrogen) atoms. The number of hydrogen-bond acceptors (Lipinski definition) is 4. The van der Waals surface area contributed by atoms with Crippen molar-refractivity contribution in [2.24, 2.45) is 4.99 Å². The quantitative estimate of drug-likeness (QED) is 0.587. The number of aliphatic imine (C=N–C) groups is 1. The molecule has 6 heteroatoms. The molecule has 2 aliphatic rings. The number of nitrogens with one attached hydrogen (secondary N) is 1. The Kier molecular flexibility index (Phi) is 5.69. The van der Waals surface area contributed by atoms with E-state index in [-0.39, 0.29) is 17.3 Å². The molecule has 2 heterocycles. The second kappa shape index (κ2) is 8.15. The predicted octanol–water partition coefficient (Wildman–Crippen LogP) is 6.14. The highest BCUT2D eigenvalue weighted by Crippen LogP contribution is 2.44. The van der Waals surface area contributed by atoms with Gasteiger partial charge in [0.15, 0.2) is 5.17 Å². The smallest absolute Gasteiger partial charge is 0.264 e. The Balaban J connectivity index is 1.66. The highest BCUT2D eigenvalue weighted by Gasteiger charge is 2.35. The van der Waals surface area contributed by atoms with Crippen molar-refractivity contribution >= 4 is 40.3 Å². The fourth-order valence-electron chi connectivity index (χ4n) is 4.66. The Morgan fingerprint density at radius 2 is 2.00 bits per heavy atom. The number of rotatable bonds is 3. The van der Waals surface area contributed by atoms with Crippen LogP contribution in [0.5, 0.6) is 0 Å². The third-order valence-electron chi connectivity index (χ3n) is 6.08. The molecular formula is C25H28FN3OS. The van der Waals surface area contributed by atoms with Crippen LogP contribution in [0.4, 0.5) is 15.8 Å². The zero-order valence-electron chi connectivity index (χ0n) is 18.6. The molecule has 0 saturated carbocycles. The summed E-state index contributed by atoms with van der Waals surface area (Å²) in [5.74, 6) is -0.0201. The van der Waals surface area contributed by atoms with Crippen molar-refractivity contribution in [1.82, 2.24) is 5.32 Å². The average molecular weight is 438 g/mol. The molecule has 1 N–H and O–H groups in total. The molecule has 1 fully saturated rings. The molecule has 1 saturated heterocycles. The Bertz CT molecular complexity index is 1090. The highest BCUT2D eigenvalue weighted by atomic mass is 32.2. The van der Waals surface area contributed by atoms with E-state index in [0.717, 1.165) is 24.1 Å². The number of anilines is 1. The molecule has 2 aromatic carbocycles. The lowest BCUT2D eigenvalue weighted by molar-refractivity contribution is -0.115. The van der Waals surface area contributed by atoms with E-state index in [9.17, 15) is 9.18 Å². The number of nitrogens with zero attached hydrogens (tertiary/aromatic N) is 2. The molecule has 0 aromatic heterocycles. The number of thioether (sulfide) groups is 1. The summed E-state index contributed by atoms with van der Waals surface area (Å²) in [4.78, 5) is 20.0. The number of amidine groups is 1. The molecule has 1 unspecified atom stereocenters. The number of halogens is 1. The molecule has 162 valence electrons. The first-order chi connectivity index (χ1) is 14.7. The number of carbonyl (C=O) groups excluding carboxylic acids is 1. The van der Waals surface area contributed by atoms with Crippen molar-refractivity contribution in [2.75, 3.05) is 11.4 Å². The number of fused-ring (bicyclic) bond motifs is 1. The van der Waals surface area contributed by atoms with E-state index in [0.29, 0.717) is 21.7 Å². The van der Waals surface area contributed by atoms with Crippen LogP contribution in [0.3, 0.4) is 0 Å². The normalized spacial score (nSPS) is 22.7.